The molecule has 0 atom stereocenters. The van der Waals surface area contributed by atoms with Crippen molar-refractivity contribution < 1.29 is 4.43 Å². The van der Waals surface area contributed by atoms with Crippen LogP contribution < -0.4 is 0 Å². The third kappa shape index (κ3) is 5.01. The maximum atomic E-state index is 8.39. The van der Waals surface area contributed by atoms with E-state index in [0.717, 1.165) is 12.8 Å². The Morgan fingerprint density at radius 2 is 1.73 bits per heavy atom. The molecule has 4 heteroatoms. The van der Waals surface area contributed by atoms with E-state index in [2.05, 4.69) is 33.8 Å². The van der Waals surface area contributed by atoms with Crippen molar-refractivity contribution in [3.05, 3.63) is 0 Å². The number of halogens is 1. The van der Waals surface area contributed by atoms with Gasteiger partial charge in [-0.05, 0) is 23.9 Å². The number of unbranched alkanes of at least 4 members (excludes halogenated alkanes) is 2. The largest absolute Gasteiger partial charge is 0.403 e. The number of hydrogen-bond donors (Lipinski definition) is 0. The quantitative estimate of drug-likeness (QED) is 0.384. The highest BCUT2D eigenvalue weighted by atomic mass is 35.6. The zero-order chi connectivity index (χ0) is 11.9. The lowest BCUT2D eigenvalue weighted by Crippen LogP contribution is -2.39. The van der Waals surface area contributed by atoms with E-state index in [9.17, 15) is 0 Å². The zero-order valence-corrected chi connectivity index (χ0v) is 12.0. The summed E-state index contributed by atoms with van der Waals surface area (Å²) in [6.07, 6.45) is 2.46. The lowest BCUT2D eigenvalue weighted by Gasteiger charge is -2.32. The lowest BCUT2D eigenvalue weighted by atomic mass is 10.3. The SMILES string of the molecule is CC(C)[Si](Cl)(OCCCCC#N)C(C)C. The fraction of sp³-hybridized carbons (Fsp3) is 0.909. The van der Waals surface area contributed by atoms with Crippen LogP contribution >= 0.6 is 11.1 Å². The van der Waals surface area contributed by atoms with Crippen molar-refractivity contribution in [3.63, 3.8) is 0 Å². The van der Waals surface area contributed by atoms with Gasteiger partial charge in [0.05, 0.1) is 6.07 Å². The number of nitrogens with zero attached hydrogens (tertiary/aromatic N) is 1. The molecular formula is C11H22ClNOSi. The van der Waals surface area contributed by atoms with Crippen molar-refractivity contribution in [1.82, 2.24) is 0 Å². The van der Waals surface area contributed by atoms with Gasteiger partial charge in [0.25, 0.3) is 7.63 Å². The van der Waals surface area contributed by atoms with E-state index >= 15 is 0 Å². The molecule has 0 unspecified atom stereocenters. The zero-order valence-electron chi connectivity index (χ0n) is 10.2. The Morgan fingerprint density at radius 3 is 2.13 bits per heavy atom. The van der Waals surface area contributed by atoms with E-state index in [1.165, 1.54) is 0 Å². The molecule has 0 aliphatic rings. The van der Waals surface area contributed by atoms with E-state index in [4.69, 9.17) is 20.8 Å². The van der Waals surface area contributed by atoms with E-state index in [1.54, 1.807) is 0 Å². The molecule has 0 saturated carbocycles. The smallest absolute Gasteiger partial charge is 0.295 e. The van der Waals surface area contributed by atoms with Gasteiger partial charge >= 0.3 is 0 Å². The predicted molar refractivity (Wildman–Crippen MR) is 67.2 cm³/mol. The first-order valence-electron chi connectivity index (χ1n) is 5.65. The standard InChI is InChI=1S/C11H22ClNOSi/c1-10(2)15(12,11(3)4)14-9-7-5-6-8-13/h10-11H,5-7,9H2,1-4H3. The van der Waals surface area contributed by atoms with Crippen molar-refractivity contribution in [3.8, 4) is 6.07 Å². The molecule has 0 aliphatic carbocycles. The maximum absolute atomic E-state index is 8.39. The molecule has 0 bridgehead atoms. The van der Waals surface area contributed by atoms with Gasteiger partial charge in [0.2, 0.25) is 0 Å². The van der Waals surface area contributed by atoms with Crippen LogP contribution in [0.25, 0.3) is 0 Å². The molecule has 0 fully saturated rings. The molecule has 15 heavy (non-hydrogen) atoms. The van der Waals surface area contributed by atoms with Gasteiger partial charge in [-0.15, -0.1) is 11.1 Å². The summed E-state index contributed by atoms with van der Waals surface area (Å²) in [7, 11) is -2.08. The maximum Gasteiger partial charge on any atom is 0.295 e. The highest BCUT2D eigenvalue weighted by Crippen LogP contribution is 2.36. The van der Waals surface area contributed by atoms with Gasteiger partial charge in [0.1, 0.15) is 0 Å². The summed E-state index contributed by atoms with van der Waals surface area (Å²) in [5.41, 5.74) is 0.852. The van der Waals surface area contributed by atoms with Crippen LogP contribution in [-0.2, 0) is 4.43 Å². The molecule has 0 amide bonds. The van der Waals surface area contributed by atoms with Crippen LogP contribution in [0, 0.1) is 11.3 Å². The normalized spacial score (nSPS) is 12.1. The van der Waals surface area contributed by atoms with Crippen molar-refractivity contribution >= 4 is 18.7 Å². The molecule has 0 aromatic rings. The average molecular weight is 248 g/mol. The molecule has 0 aromatic carbocycles. The Bertz CT molecular complexity index is 205. The highest BCUT2D eigenvalue weighted by Gasteiger charge is 2.40. The second-order valence-electron chi connectivity index (χ2n) is 4.47. The van der Waals surface area contributed by atoms with Crippen LogP contribution in [0.15, 0.2) is 0 Å². The van der Waals surface area contributed by atoms with Gasteiger partial charge in [-0.1, -0.05) is 27.7 Å². The van der Waals surface area contributed by atoms with Crippen LogP contribution in [0.2, 0.25) is 11.1 Å². The molecule has 0 radical (unpaired) electrons. The predicted octanol–water partition coefficient (Wildman–Crippen LogP) is 4.20. The van der Waals surface area contributed by atoms with Gasteiger partial charge < -0.3 is 4.43 Å². The molecular weight excluding hydrogens is 226 g/mol. The molecule has 2 nitrogen and oxygen atoms in total. The van der Waals surface area contributed by atoms with Crippen LogP contribution in [-0.4, -0.2) is 14.2 Å². The molecule has 0 rings (SSSR count). The minimum absolute atomic E-state index is 0.426. The van der Waals surface area contributed by atoms with Crippen molar-refractivity contribution in [2.75, 3.05) is 6.61 Å². The Balaban J connectivity index is 3.94. The summed E-state index contributed by atoms with van der Waals surface area (Å²) in [4.78, 5) is 0. The van der Waals surface area contributed by atoms with E-state index in [-0.39, 0.29) is 0 Å². The first-order valence-corrected chi connectivity index (χ1v) is 8.72. The monoisotopic (exact) mass is 247 g/mol. The number of hydrogen-bond acceptors (Lipinski definition) is 2. The molecule has 0 aromatic heterocycles. The summed E-state index contributed by atoms with van der Waals surface area (Å²) in [6, 6.07) is 2.13. The summed E-state index contributed by atoms with van der Waals surface area (Å²) < 4.78 is 5.89. The fourth-order valence-electron chi connectivity index (χ4n) is 1.53. The summed E-state index contributed by atoms with van der Waals surface area (Å²) >= 11 is 6.57. The Morgan fingerprint density at radius 1 is 1.20 bits per heavy atom. The van der Waals surface area contributed by atoms with Crippen molar-refractivity contribution in [2.45, 2.75) is 58.0 Å². The van der Waals surface area contributed by atoms with E-state index in [0.29, 0.717) is 24.1 Å². The Kier molecular flexibility index (Phi) is 7.25. The average Bonchev–Trinajstić information content (AvgIpc) is 2.16. The van der Waals surface area contributed by atoms with E-state index < -0.39 is 7.63 Å². The summed E-state index contributed by atoms with van der Waals surface area (Å²) in [5, 5.41) is 8.39. The van der Waals surface area contributed by atoms with Gasteiger partial charge in [-0.2, -0.15) is 5.26 Å². The summed E-state index contributed by atoms with van der Waals surface area (Å²) in [6.45, 7) is 9.24. The van der Waals surface area contributed by atoms with Gasteiger partial charge in [0, 0.05) is 13.0 Å². The van der Waals surface area contributed by atoms with E-state index in [1.807, 2.05) is 0 Å². The Labute approximate surface area is 99.4 Å². The molecule has 0 aliphatic heterocycles. The number of nitriles is 1. The first-order chi connectivity index (χ1) is 6.95. The van der Waals surface area contributed by atoms with Crippen LogP contribution in [0.5, 0.6) is 0 Å². The third-order valence-corrected chi connectivity index (χ3v) is 9.32. The Hall–Kier alpha value is -0.0431. The second-order valence-corrected chi connectivity index (χ2v) is 10.2. The molecule has 0 spiro atoms. The fourth-order valence-corrected chi connectivity index (χ4v) is 4.22. The van der Waals surface area contributed by atoms with Gasteiger partial charge in [-0.3, -0.25) is 0 Å². The molecule has 88 valence electrons. The van der Waals surface area contributed by atoms with Crippen LogP contribution in [0.3, 0.4) is 0 Å². The van der Waals surface area contributed by atoms with Gasteiger partial charge in [0.15, 0.2) is 0 Å². The number of rotatable bonds is 7. The topological polar surface area (TPSA) is 33.0 Å². The molecule has 0 heterocycles. The lowest BCUT2D eigenvalue weighted by molar-refractivity contribution is 0.291. The second kappa shape index (κ2) is 7.27. The van der Waals surface area contributed by atoms with Crippen molar-refractivity contribution in [2.24, 2.45) is 0 Å². The molecule has 0 saturated heterocycles. The first kappa shape index (κ1) is 15.0. The van der Waals surface area contributed by atoms with Crippen molar-refractivity contribution in [1.29, 1.82) is 5.26 Å². The van der Waals surface area contributed by atoms with Crippen LogP contribution in [0.4, 0.5) is 0 Å². The summed E-state index contributed by atoms with van der Waals surface area (Å²) in [5.74, 6) is 0. The van der Waals surface area contributed by atoms with Gasteiger partial charge in [-0.25, -0.2) is 0 Å². The molecule has 0 N–H and O–H groups in total. The highest BCUT2D eigenvalue weighted by molar-refractivity contribution is 7.18. The minimum atomic E-state index is -2.08. The van der Waals surface area contributed by atoms with Crippen LogP contribution in [0.1, 0.15) is 47.0 Å². The third-order valence-electron chi connectivity index (χ3n) is 2.58. The minimum Gasteiger partial charge on any atom is -0.403 e.